The number of anilines is 6. The smallest absolute Gasteiger partial charge is 0.137 e. The van der Waals surface area contributed by atoms with Gasteiger partial charge in [0, 0.05) is 34.0 Å². The van der Waals surface area contributed by atoms with Crippen LogP contribution in [-0.2, 0) is 0 Å². The topological polar surface area (TPSA) is 19.4 Å². The molecule has 0 atom stereocenters. The molecule has 7 aromatic carbocycles. The van der Waals surface area contributed by atoms with Crippen molar-refractivity contribution in [2.45, 2.75) is 0 Å². The fourth-order valence-corrected chi connectivity index (χ4v) is 6.20. The van der Waals surface area contributed by atoms with Crippen molar-refractivity contribution in [3.63, 3.8) is 0 Å². The number of rotatable bonds is 6. The first-order chi connectivity index (χ1) is 20.9. The van der Waals surface area contributed by atoms with Crippen LogP contribution in [0.3, 0.4) is 0 Å². The first kappa shape index (κ1) is 24.2. The monoisotopic (exact) mass is 537 g/mol. The summed E-state index contributed by atoms with van der Waals surface area (Å²) in [4.78, 5) is 9.38. The molecule has 1 heterocycles. The van der Waals surface area contributed by atoms with Crippen molar-refractivity contribution in [3.05, 3.63) is 164 Å². The van der Waals surface area contributed by atoms with Crippen LogP contribution in [0.25, 0.3) is 32.3 Å². The summed E-state index contributed by atoms with van der Waals surface area (Å²) in [6.45, 7) is 0. The van der Waals surface area contributed by atoms with Crippen molar-refractivity contribution in [3.8, 4) is 0 Å². The zero-order chi connectivity index (χ0) is 27.9. The summed E-state index contributed by atoms with van der Waals surface area (Å²) in [5.41, 5.74) is 5.60. The molecule has 0 aliphatic heterocycles. The summed E-state index contributed by atoms with van der Waals surface area (Å²) in [6.07, 6.45) is 1.86. The average Bonchev–Trinajstić information content (AvgIpc) is 3.07. The van der Waals surface area contributed by atoms with E-state index in [4.69, 9.17) is 4.98 Å². The number of hydrogen-bond acceptors (Lipinski definition) is 3. The lowest BCUT2D eigenvalue weighted by Crippen LogP contribution is -2.12. The summed E-state index contributed by atoms with van der Waals surface area (Å²) in [7, 11) is 0. The molecule has 42 heavy (non-hydrogen) atoms. The van der Waals surface area contributed by atoms with E-state index in [-0.39, 0.29) is 0 Å². The Morgan fingerprint density at radius 2 is 0.786 bits per heavy atom. The second-order valence-corrected chi connectivity index (χ2v) is 10.5. The molecule has 0 bridgehead atoms. The van der Waals surface area contributed by atoms with Crippen LogP contribution in [-0.4, -0.2) is 4.98 Å². The zero-order valence-electron chi connectivity index (χ0n) is 22.9. The first-order valence-electron chi connectivity index (χ1n) is 14.2. The van der Waals surface area contributed by atoms with Gasteiger partial charge in [-0.2, -0.15) is 0 Å². The van der Waals surface area contributed by atoms with Crippen molar-refractivity contribution in [1.82, 2.24) is 4.98 Å². The molecule has 0 spiro atoms. The van der Waals surface area contributed by atoms with E-state index in [0.717, 1.165) is 34.3 Å². The predicted molar refractivity (Wildman–Crippen MR) is 177 cm³/mol. The number of para-hydroxylation sites is 3. The molecule has 0 aliphatic carbocycles. The minimum absolute atomic E-state index is 0.888. The second-order valence-electron chi connectivity index (χ2n) is 10.5. The third-order valence-corrected chi connectivity index (χ3v) is 8.02. The van der Waals surface area contributed by atoms with Crippen LogP contribution in [0.2, 0.25) is 0 Å². The van der Waals surface area contributed by atoms with Gasteiger partial charge in [-0.15, -0.1) is 0 Å². The van der Waals surface area contributed by atoms with E-state index in [9.17, 15) is 0 Å². The van der Waals surface area contributed by atoms with Gasteiger partial charge in [0.25, 0.3) is 0 Å². The number of aromatic nitrogens is 1. The van der Waals surface area contributed by atoms with Gasteiger partial charge in [0.1, 0.15) is 5.82 Å². The molecular weight excluding hydrogens is 510 g/mol. The van der Waals surface area contributed by atoms with Crippen LogP contribution in [0.1, 0.15) is 0 Å². The maximum absolute atomic E-state index is 4.76. The van der Waals surface area contributed by atoms with Crippen molar-refractivity contribution in [2.75, 3.05) is 9.80 Å². The van der Waals surface area contributed by atoms with Crippen LogP contribution in [0, 0.1) is 0 Å². The SMILES string of the molecule is c1ccc(N(c2ccccc2)c2ccc3ccc4c(N(c5ccccc5)c5ccccn5)ccc5ccc2c3c54)cc1. The summed E-state index contributed by atoms with van der Waals surface area (Å²) in [5.74, 6) is 0.888. The Hall–Kier alpha value is -5.67. The Morgan fingerprint density at radius 3 is 1.26 bits per heavy atom. The van der Waals surface area contributed by atoms with Gasteiger partial charge in [-0.3, -0.25) is 4.90 Å². The van der Waals surface area contributed by atoms with Crippen molar-refractivity contribution in [2.24, 2.45) is 0 Å². The quantitative estimate of drug-likeness (QED) is 0.197. The van der Waals surface area contributed by atoms with Crippen LogP contribution in [0.15, 0.2) is 164 Å². The van der Waals surface area contributed by atoms with Gasteiger partial charge in [0.15, 0.2) is 0 Å². The number of hydrogen-bond donors (Lipinski definition) is 0. The lowest BCUT2D eigenvalue weighted by molar-refractivity contribution is 1.19. The molecule has 0 saturated heterocycles. The fraction of sp³-hybridized carbons (Fsp3) is 0. The van der Waals surface area contributed by atoms with E-state index in [1.807, 2.05) is 18.3 Å². The maximum Gasteiger partial charge on any atom is 0.137 e. The van der Waals surface area contributed by atoms with E-state index in [0.29, 0.717) is 0 Å². The summed E-state index contributed by atoms with van der Waals surface area (Å²) in [6, 6.07) is 55.9. The molecule has 0 saturated carbocycles. The highest BCUT2D eigenvalue weighted by Gasteiger charge is 2.21. The van der Waals surface area contributed by atoms with Gasteiger partial charge in [-0.25, -0.2) is 4.98 Å². The van der Waals surface area contributed by atoms with Gasteiger partial charge >= 0.3 is 0 Å². The zero-order valence-corrected chi connectivity index (χ0v) is 22.9. The predicted octanol–water partition coefficient (Wildman–Crippen LogP) is 10.9. The Balaban J connectivity index is 1.42. The van der Waals surface area contributed by atoms with Crippen LogP contribution in [0.4, 0.5) is 34.3 Å². The standard InChI is InChI=1S/C39H27N3/c1-4-12-30(13-5-1)41(31-14-6-2-7-15-31)35-25-21-28-20-24-34-36(26-22-29-19-23-33(35)38(28)39(29)34)42(32-16-8-3-9-17-32)37-18-10-11-27-40-37/h1-27H. The van der Waals surface area contributed by atoms with Crippen LogP contribution in [0.5, 0.6) is 0 Å². The van der Waals surface area contributed by atoms with Gasteiger partial charge < -0.3 is 4.90 Å². The van der Waals surface area contributed by atoms with Crippen molar-refractivity contribution in [1.29, 1.82) is 0 Å². The molecule has 0 unspecified atom stereocenters. The van der Waals surface area contributed by atoms with E-state index >= 15 is 0 Å². The number of benzene rings is 7. The number of pyridine rings is 1. The normalized spacial score (nSPS) is 11.3. The third kappa shape index (κ3) is 3.94. The first-order valence-corrected chi connectivity index (χ1v) is 14.2. The highest BCUT2D eigenvalue weighted by Crippen LogP contribution is 2.46. The largest absolute Gasteiger partial charge is 0.310 e. The summed E-state index contributed by atoms with van der Waals surface area (Å²) < 4.78 is 0. The molecule has 198 valence electrons. The van der Waals surface area contributed by atoms with Crippen LogP contribution < -0.4 is 9.80 Å². The second kappa shape index (κ2) is 10.1. The van der Waals surface area contributed by atoms with E-state index in [1.54, 1.807) is 0 Å². The fourth-order valence-electron chi connectivity index (χ4n) is 6.20. The molecule has 0 N–H and O–H groups in total. The molecule has 0 amide bonds. The molecule has 8 aromatic rings. The lowest BCUT2D eigenvalue weighted by atomic mass is 9.92. The Bertz CT molecular complexity index is 1890. The van der Waals surface area contributed by atoms with Gasteiger partial charge in [-0.05, 0) is 82.2 Å². The highest BCUT2D eigenvalue weighted by atomic mass is 15.2. The van der Waals surface area contributed by atoms with Gasteiger partial charge in [0.05, 0.1) is 11.4 Å². The molecule has 3 heteroatoms. The van der Waals surface area contributed by atoms with Crippen LogP contribution >= 0.6 is 0 Å². The Morgan fingerprint density at radius 1 is 0.357 bits per heavy atom. The van der Waals surface area contributed by atoms with Crippen molar-refractivity contribution >= 4 is 66.6 Å². The Labute approximate surface area is 244 Å². The molecule has 3 nitrogen and oxygen atoms in total. The van der Waals surface area contributed by atoms with E-state index < -0.39 is 0 Å². The molecule has 0 aliphatic rings. The number of nitrogens with zero attached hydrogens (tertiary/aromatic N) is 3. The van der Waals surface area contributed by atoms with Gasteiger partial charge in [0.2, 0.25) is 0 Å². The van der Waals surface area contributed by atoms with E-state index in [2.05, 4.69) is 155 Å². The average molecular weight is 538 g/mol. The maximum atomic E-state index is 4.76. The van der Waals surface area contributed by atoms with Gasteiger partial charge in [-0.1, -0.05) is 97.1 Å². The summed E-state index contributed by atoms with van der Waals surface area (Å²) in [5, 5.41) is 7.42. The highest BCUT2D eigenvalue weighted by molar-refractivity contribution is 6.28. The third-order valence-electron chi connectivity index (χ3n) is 8.02. The minimum atomic E-state index is 0.888. The molecule has 0 radical (unpaired) electrons. The minimum Gasteiger partial charge on any atom is -0.310 e. The Kier molecular flexibility index (Phi) is 5.79. The summed E-state index contributed by atoms with van der Waals surface area (Å²) >= 11 is 0. The lowest BCUT2D eigenvalue weighted by Gasteiger charge is -2.28. The van der Waals surface area contributed by atoms with E-state index in [1.165, 1.54) is 32.3 Å². The molecule has 0 fully saturated rings. The molecule has 1 aromatic heterocycles. The molecule has 8 rings (SSSR count). The van der Waals surface area contributed by atoms with Crippen molar-refractivity contribution < 1.29 is 0 Å². The molecular formula is C39H27N3.